The third-order valence-corrected chi connectivity index (χ3v) is 3.89. The molecule has 2 aliphatic heterocycles. The maximum Gasteiger partial charge on any atom is 0.249 e. The molecule has 2 heterocycles. The molecule has 0 N–H and O–H groups in total. The molecule has 0 bridgehead atoms. The van der Waals surface area contributed by atoms with Crippen molar-refractivity contribution in [2.24, 2.45) is 0 Å². The first kappa shape index (κ1) is 13.0. The molecule has 0 aromatic heterocycles. The van der Waals surface area contributed by atoms with Gasteiger partial charge in [-0.15, -0.1) is 0 Å². The van der Waals surface area contributed by atoms with Gasteiger partial charge in [-0.2, -0.15) is 0 Å². The van der Waals surface area contributed by atoms with Crippen LogP contribution >= 0.6 is 0 Å². The summed E-state index contributed by atoms with van der Waals surface area (Å²) in [5.41, 5.74) is 0.301. The highest BCUT2D eigenvalue weighted by Crippen LogP contribution is 2.27. The fourth-order valence-electron chi connectivity index (χ4n) is 2.87. The standard InChI is InChI=1S/C14H14F2N2O2/c15-10-4-3-9(8-11(10)16)17-7-5-13(19)18-6-1-2-12(18)14(17)20/h3-4,8,12H,1-2,5-7H2. The summed E-state index contributed by atoms with van der Waals surface area (Å²) in [5, 5.41) is 0. The van der Waals surface area contributed by atoms with Crippen molar-refractivity contribution in [1.29, 1.82) is 0 Å². The minimum atomic E-state index is -0.992. The van der Waals surface area contributed by atoms with Crippen LogP contribution in [0.2, 0.25) is 0 Å². The number of anilines is 1. The van der Waals surface area contributed by atoms with Gasteiger partial charge in [0.25, 0.3) is 0 Å². The second kappa shape index (κ2) is 4.85. The fourth-order valence-corrected chi connectivity index (χ4v) is 2.87. The van der Waals surface area contributed by atoms with Gasteiger partial charge in [0.15, 0.2) is 11.6 Å². The lowest BCUT2D eigenvalue weighted by Crippen LogP contribution is -2.43. The first-order valence-corrected chi connectivity index (χ1v) is 6.64. The average molecular weight is 280 g/mol. The van der Waals surface area contributed by atoms with Gasteiger partial charge in [0, 0.05) is 31.3 Å². The first-order chi connectivity index (χ1) is 9.58. The molecule has 2 fully saturated rings. The first-order valence-electron chi connectivity index (χ1n) is 6.64. The van der Waals surface area contributed by atoms with Gasteiger partial charge in [-0.25, -0.2) is 8.78 Å². The summed E-state index contributed by atoms with van der Waals surface area (Å²) in [5.74, 6) is -2.20. The summed E-state index contributed by atoms with van der Waals surface area (Å²) in [6.07, 6.45) is 1.64. The summed E-state index contributed by atoms with van der Waals surface area (Å²) >= 11 is 0. The molecule has 0 spiro atoms. The number of carbonyl (C=O) groups excluding carboxylic acids is 2. The smallest absolute Gasteiger partial charge is 0.249 e. The number of nitrogens with zero attached hydrogens (tertiary/aromatic N) is 2. The lowest BCUT2D eigenvalue weighted by atomic mass is 10.2. The Bertz CT molecular complexity index is 576. The van der Waals surface area contributed by atoms with Crippen LogP contribution in [-0.2, 0) is 9.59 Å². The normalized spacial score (nSPS) is 23.0. The van der Waals surface area contributed by atoms with Crippen LogP contribution in [0.4, 0.5) is 14.5 Å². The van der Waals surface area contributed by atoms with E-state index in [1.807, 2.05) is 0 Å². The molecular formula is C14H14F2N2O2. The largest absolute Gasteiger partial charge is 0.331 e. The Morgan fingerprint density at radius 2 is 1.90 bits per heavy atom. The maximum absolute atomic E-state index is 13.3. The number of hydrogen-bond donors (Lipinski definition) is 0. The Labute approximate surface area is 115 Å². The third-order valence-electron chi connectivity index (χ3n) is 3.89. The van der Waals surface area contributed by atoms with Crippen molar-refractivity contribution in [2.75, 3.05) is 18.0 Å². The highest BCUT2D eigenvalue weighted by atomic mass is 19.2. The molecular weight excluding hydrogens is 266 g/mol. The van der Waals surface area contributed by atoms with E-state index in [9.17, 15) is 18.4 Å². The van der Waals surface area contributed by atoms with Gasteiger partial charge in [0.2, 0.25) is 11.8 Å². The van der Waals surface area contributed by atoms with Crippen molar-refractivity contribution in [3.05, 3.63) is 29.8 Å². The van der Waals surface area contributed by atoms with Crippen LogP contribution in [0.5, 0.6) is 0 Å². The van der Waals surface area contributed by atoms with E-state index < -0.39 is 17.7 Å². The zero-order valence-electron chi connectivity index (χ0n) is 10.8. The van der Waals surface area contributed by atoms with Crippen LogP contribution in [0.3, 0.4) is 0 Å². The van der Waals surface area contributed by atoms with Gasteiger partial charge in [0.1, 0.15) is 6.04 Å². The van der Waals surface area contributed by atoms with Crippen molar-refractivity contribution in [3.8, 4) is 0 Å². The molecule has 20 heavy (non-hydrogen) atoms. The summed E-state index contributed by atoms with van der Waals surface area (Å²) in [4.78, 5) is 27.4. The fraction of sp³-hybridized carbons (Fsp3) is 0.429. The highest BCUT2D eigenvalue weighted by molar-refractivity contribution is 6.01. The minimum absolute atomic E-state index is 0.0501. The number of benzene rings is 1. The average Bonchev–Trinajstić information content (AvgIpc) is 2.87. The van der Waals surface area contributed by atoms with Crippen LogP contribution in [0.25, 0.3) is 0 Å². The number of rotatable bonds is 1. The van der Waals surface area contributed by atoms with E-state index in [0.29, 0.717) is 18.7 Å². The molecule has 0 saturated carbocycles. The number of hydrogen-bond acceptors (Lipinski definition) is 2. The summed E-state index contributed by atoms with van der Waals surface area (Å²) < 4.78 is 26.3. The van der Waals surface area contributed by atoms with Crippen LogP contribution in [0.15, 0.2) is 18.2 Å². The van der Waals surface area contributed by atoms with Crippen LogP contribution in [-0.4, -0.2) is 35.8 Å². The van der Waals surface area contributed by atoms with Crippen molar-refractivity contribution in [2.45, 2.75) is 25.3 Å². The molecule has 2 amide bonds. The number of fused-ring (bicyclic) bond motifs is 1. The van der Waals surface area contributed by atoms with Gasteiger partial charge >= 0.3 is 0 Å². The molecule has 3 rings (SSSR count). The van der Waals surface area contributed by atoms with Gasteiger partial charge in [-0.05, 0) is 25.0 Å². The molecule has 1 atom stereocenters. The van der Waals surface area contributed by atoms with Gasteiger partial charge in [-0.3, -0.25) is 9.59 Å². The molecule has 106 valence electrons. The van der Waals surface area contributed by atoms with Crippen molar-refractivity contribution in [3.63, 3.8) is 0 Å². The molecule has 0 aliphatic carbocycles. The lowest BCUT2D eigenvalue weighted by Gasteiger charge is -2.25. The zero-order chi connectivity index (χ0) is 14.3. The molecule has 1 aromatic rings. The van der Waals surface area contributed by atoms with Gasteiger partial charge < -0.3 is 9.80 Å². The van der Waals surface area contributed by atoms with Crippen LogP contribution < -0.4 is 4.90 Å². The van der Waals surface area contributed by atoms with E-state index in [1.165, 1.54) is 11.0 Å². The Morgan fingerprint density at radius 1 is 1.10 bits per heavy atom. The number of carbonyl (C=O) groups is 2. The SMILES string of the molecule is O=C1C2CCCN2C(=O)CCN1c1ccc(F)c(F)c1. The summed E-state index contributed by atoms with van der Waals surface area (Å²) in [6.45, 7) is 0.802. The quantitative estimate of drug-likeness (QED) is 0.785. The van der Waals surface area contributed by atoms with E-state index >= 15 is 0 Å². The van der Waals surface area contributed by atoms with Crippen molar-refractivity contribution < 1.29 is 18.4 Å². The van der Waals surface area contributed by atoms with Gasteiger partial charge in [0.05, 0.1) is 0 Å². The third kappa shape index (κ3) is 2.05. The van der Waals surface area contributed by atoms with Crippen LogP contribution in [0, 0.1) is 11.6 Å². The predicted octanol–water partition coefficient (Wildman–Crippen LogP) is 1.69. The minimum Gasteiger partial charge on any atom is -0.331 e. The van der Waals surface area contributed by atoms with Crippen LogP contribution in [0.1, 0.15) is 19.3 Å². The second-order valence-corrected chi connectivity index (χ2v) is 5.08. The zero-order valence-corrected chi connectivity index (χ0v) is 10.8. The van der Waals surface area contributed by atoms with E-state index in [2.05, 4.69) is 0 Å². The Hall–Kier alpha value is -1.98. The number of amides is 2. The highest BCUT2D eigenvalue weighted by Gasteiger charge is 2.39. The van der Waals surface area contributed by atoms with E-state index in [1.54, 1.807) is 4.90 Å². The molecule has 4 nitrogen and oxygen atoms in total. The molecule has 1 aromatic carbocycles. The molecule has 6 heteroatoms. The summed E-state index contributed by atoms with van der Waals surface area (Å²) in [6, 6.07) is 2.91. The Morgan fingerprint density at radius 3 is 2.65 bits per heavy atom. The molecule has 1 unspecified atom stereocenters. The number of halogens is 2. The van der Waals surface area contributed by atoms with Crippen molar-refractivity contribution >= 4 is 17.5 Å². The topological polar surface area (TPSA) is 40.6 Å². The lowest BCUT2D eigenvalue weighted by molar-refractivity contribution is -0.135. The van der Waals surface area contributed by atoms with E-state index in [-0.39, 0.29) is 24.8 Å². The predicted molar refractivity (Wildman–Crippen MR) is 68.1 cm³/mol. The van der Waals surface area contributed by atoms with Crippen molar-refractivity contribution in [1.82, 2.24) is 4.90 Å². The van der Waals surface area contributed by atoms with E-state index in [4.69, 9.17) is 0 Å². The summed E-state index contributed by atoms with van der Waals surface area (Å²) in [7, 11) is 0. The monoisotopic (exact) mass is 280 g/mol. The second-order valence-electron chi connectivity index (χ2n) is 5.08. The maximum atomic E-state index is 13.3. The van der Waals surface area contributed by atoms with E-state index in [0.717, 1.165) is 18.6 Å². The Balaban J connectivity index is 1.94. The van der Waals surface area contributed by atoms with Gasteiger partial charge in [-0.1, -0.05) is 0 Å². The molecule has 0 radical (unpaired) electrons. The molecule has 2 aliphatic rings. The Kier molecular flexibility index (Phi) is 3.16. The molecule has 2 saturated heterocycles.